The summed E-state index contributed by atoms with van der Waals surface area (Å²) >= 11 is 9.56. The van der Waals surface area contributed by atoms with Gasteiger partial charge >= 0.3 is 0 Å². The number of amides is 1. The zero-order chi connectivity index (χ0) is 21.6. The van der Waals surface area contributed by atoms with Gasteiger partial charge in [-0.3, -0.25) is 9.10 Å². The molecule has 0 aliphatic rings. The summed E-state index contributed by atoms with van der Waals surface area (Å²) in [5.41, 5.74) is 3.34. The van der Waals surface area contributed by atoms with Gasteiger partial charge in [-0.15, -0.1) is 0 Å². The normalized spacial score (nSPS) is 11.4. The van der Waals surface area contributed by atoms with Crippen LogP contribution in [0.1, 0.15) is 5.56 Å². The van der Waals surface area contributed by atoms with Gasteiger partial charge < -0.3 is 0 Å². The molecular weight excluding hydrogens is 490 g/mol. The topological polar surface area (TPSA) is 78.8 Å². The Kier molecular flexibility index (Phi) is 7.25. The van der Waals surface area contributed by atoms with Crippen LogP contribution in [0.25, 0.3) is 0 Å². The summed E-state index contributed by atoms with van der Waals surface area (Å²) in [5.74, 6) is -0.609. The standard InChI is InChI=1S/C21H17BrClN3O3S/c22-17-12-10-16(11-13-17)14-24-25-21(27)15-26(20-9-5-4-8-19(20)23)30(28,29)18-6-2-1-3-7-18/h1-14H,15H2,(H,25,27)/b24-14-. The lowest BCUT2D eigenvalue weighted by molar-refractivity contribution is -0.119. The van der Waals surface area contributed by atoms with E-state index in [4.69, 9.17) is 11.6 Å². The van der Waals surface area contributed by atoms with Crippen LogP contribution in [-0.2, 0) is 14.8 Å². The van der Waals surface area contributed by atoms with Crippen LogP contribution in [0.4, 0.5) is 5.69 Å². The van der Waals surface area contributed by atoms with E-state index in [-0.39, 0.29) is 15.6 Å². The van der Waals surface area contributed by atoms with Gasteiger partial charge in [0, 0.05) is 4.47 Å². The van der Waals surface area contributed by atoms with Gasteiger partial charge in [-0.05, 0) is 42.0 Å². The van der Waals surface area contributed by atoms with Gasteiger partial charge in [0.05, 0.1) is 21.8 Å². The van der Waals surface area contributed by atoms with Gasteiger partial charge in [0.25, 0.3) is 15.9 Å². The highest BCUT2D eigenvalue weighted by Gasteiger charge is 2.28. The average molecular weight is 507 g/mol. The number of rotatable bonds is 7. The molecule has 3 aromatic carbocycles. The van der Waals surface area contributed by atoms with Gasteiger partial charge in [-0.1, -0.05) is 70.0 Å². The molecule has 0 heterocycles. The molecule has 3 aromatic rings. The maximum absolute atomic E-state index is 13.2. The molecule has 6 nitrogen and oxygen atoms in total. The predicted octanol–water partition coefficient (Wildman–Crippen LogP) is 4.45. The lowest BCUT2D eigenvalue weighted by Crippen LogP contribution is -2.39. The van der Waals surface area contributed by atoms with E-state index in [9.17, 15) is 13.2 Å². The van der Waals surface area contributed by atoms with Crippen LogP contribution in [0.5, 0.6) is 0 Å². The predicted molar refractivity (Wildman–Crippen MR) is 122 cm³/mol. The maximum atomic E-state index is 13.2. The number of hydrogen-bond acceptors (Lipinski definition) is 4. The second kappa shape index (κ2) is 9.88. The molecule has 30 heavy (non-hydrogen) atoms. The Labute approximate surface area is 188 Å². The van der Waals surface area contributed by atoms with Crippen molar-refractivity contribution in [3.63, 3.8) is 0 Å². The molecule has 0 atom stereocenters. The van der Waals surface area contributed by atoms with Gasteiger partial charge in [0.15, 0.2) is 0 Å². The Hall–Kier alpha value is -2.68. The number of carbonyl (C=O) groups is 1. The fourth-order valence-electron chi connectivity index (χ4n) is 2.57. The molecule has 0 unspecified atom stereocenters. The number of halogens is 2. The third kappa shape index (κ3) is 5.47. The van der Waals surface area contributed by atoms with E-state index >= 15 is 0 Å². The number of anilines is 1. The first-order chi connectivity index (χ1) is 14.4. The van der Waals surface area contributed by atoms with Crippen molar-refractivity contribution in [1.29, 1.82) is 0 Å². The van der Waals surface area contributed by atoms with Crippen LogP contribution < -0.4 is 9.73 Å². The zero-order valence-corrected chi connectivity index (χ0v) is 18.7. The number of nitrogens with one attached hydrogen (secondary N) is 1. The smallest absolute Gasteiger partial charge is 0.264 e. The zero-order valence-electron chi connectivity index (χ0n) is 15.6. The highest BCUT2D eigenvalue weighted by atomic mass is 79.9. The van der Waals surface area contributed by atoms with Crippen LogP contribution in [0, 0.1) is 0 Å². The van der Waals surface area contributed by atoms with Crippen LogP contribution in [0.3, 0.4) is 0 Å². The second-order valence-corrected chi connectivity index (χ2v) is 9.31. The Morgan fingerprint density at radius 1 is 1.00 bits per heavy atom. The first-order valence-corrected chi connectivity index (χ1v) is 11.4. The second-order valence-electron chi connectivity index (χ2n) is 6.12. The molecular formula is C21H17BrClN3O3S. The summed E-state index contributed by atoms with van der Waals surface area (Å²) in [7, 11) is -4.02. The van der Waals surface area contributed by atoms with Gasteiger partial charge in [-0.25, -0.2) is 13.8 Å². The number of sulfonamides is 1. The van der Waals surface area contributed by atoms with Crippen molar-refractivity contribution in [3.8, 4) is 0 Å². The first-order valence-electron chi connectivity index (χ1n) is 8.78. The fraction of sp³-hybridized carbons (Fsp3) is 0.0476. The summed E-state index contributed by atoms with van der Waals surface area (Å²) in [6.07, 6.45) is 1.47. The quantitative estimate of drug-likeness (QED) is 0.380. The summed E-state index contributed by atoms with van der Waals surface area (Å²) in [6, 6.07) is 21.6. The average Bonchev–Trinajstić information content (AvgIpc) is 2.75. The molecule has 9 heteroatoms. The molecule has 0 saturated heterocycles. The minimum atomic E-state index is -4.02. The molecule has 0 saturated carbocycles. The summed E-state index contributed by atoms with van der Waals surface area (Å²) in [5, 5.41) is 4.11. The number of carbonyl (C=O) groups excluding carboxylic acids is 1. The molecule has 154 valence electrons. The molecule has 0 bridgehead atoms. The van der Waals surface area contributed by atoms with E-state index in [2.05, 4.69) is 26.5 Å². The third-order valence-corrected chi connectivity index (χ3v) is 6.63. The fourth-order valence-corrected chi connectivity index (χ4v) is 4.58. The van der Waals surface area contributed by atoms with Gasteiger partial charge in [0.2, 0.25) is 0 Å². The molecule has 1 amide bonds. The lowest BCUT2D eigenvalue weighted by atomic mass is 10.2. The first kappa shape index (κ1) is 22.0. The summed E-state index contributed by atoms with van der Waals surface area (Å²) in [6.45, 7) is -0.487. The van der Waals surface area contributed by atoms with E-state index in [1.165, 1.54) is 18.3 Å². The Bertz CT molecular complexity index is 1150. The highest BCUT2D eigenvalue weighted by molar-refractivity contribution is 9.10. The summed E-state index contributed by atoms with van der Waals surface area (Å²) in [4.78, 5) is 12.5. The van der Waals surface area contributed by atoms with E-state index in [1.54, 1.807) is 42.5 Å². The van der Waals surface area contributed by atoms with E-state index in [0.29, 0.717) is 0 Å². The number of benzene rings is 3. The minimum Gasteiger partial charge on any atom is -0.271 e. The van der Waals surface area contributed by atoms with Crippen LogP contribution in [0.2, 0.25) is 5.02 Å². The highest BCUT2D eigenvalue weighted by Crippen LogP contribution is 2.30. The van der Waals surface area contributed by atoms with E-state index in [0.717, 1.165) is 14.3 Å². The van der Waals surface area contributed by atoms with Crippen LogP contribution in [0.15, 0.2) is 93.3 Å². The maximum Gasteiger partial charge on any atom is 0.264 e. The van der Waals surface area contributed by atoms with E-state index in [1.807, 2.05) is 24.3 Å². The number of hydrazone groups is 1. The number of nitrogens with zero attached hydrogens (tertiary/aromatic N) is 2. The van der Waals surface area contributed by atoms with Crippen molar-refractivity contribution < 1.29 is 13.2 Å². The van der Waals surface area contributed by atoms with Crippen molar-refractivity contribution >= 4 is 55.4 Å². The Morgan fingerprint density at radius 2 is 1.63 bits per heavy atom. The number of para-hydroxylation sites is 1. The minimum absolute atomic E-state index is 0.0519. The van der Waals surface area contributed by atoms with Crippen molar-refractivity contribution in [2.75, 3.05) is 10.8 Å². The molecule has 0 aliphatic carbocycles. The van der Waals surface area contributed by atoms with Crippen LogP contribution >= 0.6 is 27.5 Å². The van der Waals surface area contributed by atoms with Crippen LogP contribution in [-0.4, -0.2) is 27.1 Å². The molecule has 0 aliphatic heterocycles. The molecule has 0 fully saturated rings. The Balaban J connectivity index is 1.83. The largest absolute Gasteiger partial charge is 0.271 e. The van der Waals surface area contributed by atoms with Gasteiger partial charge in [0.1, 0.15) is 6.54 Å². The van der Waals surface area contributed by atoms with Crippen molar-refractivity contribution in [2.24, 2.45) is 5.10 Å². The molecule has 0 radical (unpaired) electrons. The van der Waals surface area contributed by atoms with E-state index < -0.39 is 22.5 Å². The van der Waals surface area contributed by atoms with Crippen molar-refractivity contribution in [2.45, 2.75) is 4.90 Å². The molecule has 1 N–H and O–H groups in total. The molecule has 0 aromatic heterocycles. The summed E-state index contributed by atoms with van der Waals surface area (Å²) < 4.78 is 28.3. The number of hydrogen-bond donors (Lipinski definition) is 1. The molecule has 3 rings (SSSR count). The lowest BCUT2D eigenvalue weighted by Gasteiger charge is -2.24. The third-order valence-electron chi connectivity index (χ3n) is 4.01. The monoisotopic (exact) mass is 505 g/mol. The molecule has 0 spiro atoms. The van der Waals surface area contributed by atoms with Crippen molar-refractivity contribution in [3.05, 3.63) is 93.9 Å². The van der Waals surface area contributed by atoms with Gasteiger partial charge in [-0.2, -0.15) is 5.10 Å². The van der Waals surface area contributed by atoms with Crippen molar-refractivity contribution in [1.82, 2.24) is 5.43 Å². The Morgan fingerprint density at radius 3 is 2.30 bits per heavy atom. The SMILES string of the molecule is O=C(CN(c1ccccc1Cl)S(=O)(=O)c1ccccc1)N/N=C\c1ccc(Br)cc1.